The Labute approximate surface area is 121 Å². The number of nitrogens with zero attached hydrogens (tertiary/aromatic N) is 1. The highest BCUT2D eigenvalue weighted by atomic mass is 32.2. The lowest BCUT2D eigenvalue weighted by Crippen LogP contribution is -2.43. The number of carboxylic acids is 1. The SMILES string of the molecule is CC1SCC(C(=O)O)N1C(=O)/C=C/c1cccc(N)c1. The zero-order chi connectivity index (χ0) is 14.7. The number of carboxylic acid groups (broad SMARTS) is 1. The third kappa shape index (κ3) is 3.14. The van der Waals surface area contributed by atoms with Gasteiger partial charge in [0.2, 0.25) is 5.91 Å². The first-order valence-electron chi connectivity index (χ1n) is 6.19. The number of carbonyl (C=O) groups is 2. The first-order chi connectivity index (χ1) is 9.49. The van der Waals surface area contributed by atoms with E-state index in [4.69, 9.17) is 10.8 Å². The van der Waals surface area contributed by atoms with Gasteiger partial charge in [0.25, 0.3) is 0 Å². The second-order valence-corrected chi connectivity index (χ2v) is 5.88. The van der Waals surface area contributed by atoms with E-state index in [-0.39, 0.29) is 11.3 Å². The summed E-state index contributed by atoms with van der Waals surface area (Å²) in [4.78, 5) is 24.7. The number of anilines is 1. The Hall–Kier alpha value is -1.95. The number of amides is 1. The van der Waals surface area contributed by atoms with Crippen LogP contribution in [0.15, 0.2) is 30.3 Å². The fraction of sp³-hybridized carbons (Fsp3) is 0.286. The molecule has 2 rings (SSSR count). The van der Waals surface area contributed by atoms with Gasteiger partial charge in [-0.3, -0.25) is 4.79 Å². The molecule has 1 heterocycles. The molecule has 3 N–H and O–H groups in total. The molecule has 0 saturated carbocycles. The summed E-state index contributed by atoms with van der Waals surface area (Å²) in [5.74, 6) is -0.834. The zero-order valence-corrected chi connectivity index (χ0v) is 11.8. The van der Waals surface area contributed by atoms with Crippen LogP contribution in [0.2, 0.25) is 0 Å². The average molecular weight is 292 g/mol. The van der Waals surface area contributed by atoms with Crippen molar-refractivity contribution in [3.05, 3.63) is 35.9 Å². The van der Waals surface area contributed by atoms with Gasteiger partial charge >= 0.3 is 5.97 Å². The summed E-state index contributed by atoms with van der Waals surface area (Å²) < 4.78 is 0. The maximum absolute atomic E-state index is 12.2. The van der Waals surface area contributed by atoms with Crippen molar-refractivity contribution in [1.29, 1.82) is 0 Å². The highest BCUT2D eigenvalue weighted by molar-refractivity contribution is 8.00. The highest BCUT2D eigenvalue weighted by Crippen LogP contribution is 2.29. The van der Waals surface area contributed by atoms with Gasteiger partial charge in [-0.05, 0) is 30.7 Å². The topological polar surface area (TPSA) is 83.6 Å². The van der Waals surface area contributed by atoms with E-state index in [1.165, 1.54) is 22.7 Å². The first kappa shape index (κ1) is 14.5. The Kier molecular flexibility index (Phi) is 4.34. The quantitative estimate of drug-likeness (QED) is 0.654. The molecular formula is C14H16N2O3S. The molecule has 6 heteroatoms. The molecular weight excluding hydrogens is 276 g/mol. The maximum Gasteiger partial charge on any atom is 0.327 e. The van der Waals surface area contributed by atoms with E-state index in [2.05, 4.69) is 0 Å². The van der Waals surface area contributed by atoms with Crippen LogP contribution in [0.4, 0.5) is 5.69 Å². The van der Waals surface area contributed by atoms with Gasteiger partial charge in [0.15, 0.2) is 0 Å². The van der Waals surface area contributed by atoms with Gasteiger partial charge in [-0.25, -0.2) is 4.79 Å². The number of nitrogens with two attached hydrogens (primary N) is 1. The fourth-order valence-electron chi connectivity index (χ4n) is 2.08. The molecule has 1 aliphatic rings. The van der Waals surface area contributed by atoms with Crippen molar-refractivity contribution in [3.8, 4) is 0 Å². The van der Waals surface area contributed by atoms with Crippen LogP contribution in [0, 0.1) is 0 Å². The van der Waals surface area contributed by atoms with E-state index in [1.807, 2.05) is 13.0 Å². The molecule has 1 fully saturated rings. The van der Waals surface area contributed by atoms with Crippen molar-refractivity contribution in [2.75, 3.05) is 11.5 Å². The summed E-state index contributed by atoms with van der Waals surface area (Å²) in [6.45, 7) is 1.83. The van der Waals surface area contributed by atoms with Crippen molar-refractivity contribution >= 4 is 35.4 Å². The molecule has 2 atom stereocenters. The molecule has 0 bridgehead atoms. The van der Waals surface area contributed by atoms with Crippen molar-refractivity contribution in [2.45, 2.75) is 18.3 Å². The Morgan fingerprint density at radius 1 is 1.50 bits per heavy atom. The molecule has 106 valence electrons. The molecule has 0 radical (unpaired) electrons. The highest BCUT2D eigenvalue weighted by Gasteiger charge is 2.38. The minimum absolute atomic E-state index is 0.130. The Bertz CT molecular complexity index is 559. The van der Waals surface area contributed by atoms with Gasteiger partial charge in [0, 0.05) is 17.5 Å². The lowest BCUT2D eigenvalue weighted by atomic mass is 10.2. The predicted octanol–water partition coefficient (Wildman–Crippen LogP) is 1.66. The van der Waals surface area contributed by atoms with Crippen molar-refractivity contribution < 1.29 is 14.7 Å². The van der Waals surface area contributed by atoms with Crippen LogP contribution in [-0.4, -0.2) is 39.1 Å². The molecule has 20 heavy (non-hydrogen) atoms. The number of hydrogen-bond donors (Lipinski definition) is 2. The third-order valence-corrected chi connectivity index (χ3v) is 4.31. The lowest BCUT2D eigenvalue weighted by molar-refractivity contribution is -0.147. The van der Waals surface area contributed by atoms with Gasteiger partial charge in [0.05, 0.1) is 5.37 Å². The Balaban J connectivity index is 2.12. The standard InChI is InChI=1S/C14H16N2O3S/c1-9-16(12(8-20-9)14(18)19)13(17)6-5-10-3-2-4-11(15)7-10/h2-7,9,12H,8,15H2,1H3,(H,18,19)/b6-5+. The lowest BCUT2D eigenvalue weighted by Gasteiger charge is -2.23. The maximum atomic E-state index is 12.2. The summed E-state index contributed by atoms with van der Waals surface area (Å²) in [6.07, 6.45) is 3.04. The molecule has 1 aromatic carbocycles. The molecule has 1 aliphatic heterocycles. The van der Waals surface area contributed by atoms with Crippen molar-refractivity contribution in [1.82, 2.24) is 4.90 Å². The summed E-state index contributed by atoms with van der Waals surface area (Å²) in [7, 11) is 0. The van der Waals surface area contributed by atoms with Gasteiger partial charge < -0.3 is 15.7 Å². The smallest absolute Gasteiger partial charge is 0.327 e. The van der Waals surface area contributed by atoms with Gasteiger partial charge in [-0.2, -0.15) is 0 Å². The van der Waals surface area contributed by atoms with Crippen LogP contribution >= 0.6 is 11.8 Å². The van der Waals surface area contributed by atoms with E-state index in [0.717, 1.165) is 5.56 Å². The number of aliphatic carboxylic acids is 1. The van der Waals surface area contributed by atoms with Gasteiger partial charge in [-0.15, -0.1) is 11.8 Å². The third-order valence-electron chi connectivity index (χ3n) is 3.09. The molecule has 5 nitrogen and oxygen atoms in total. The molecule has 1 aromatic rings. The number of rotatable bonds is 3. The second kappa shape index (κ2) is 6.00. The van der Waals surface area contributed by atoms with Crippen LogP contribution in [0.1, 0.15) is 12.5 Å². The summed E-state index contributed by atoms with van der Waals surface area (Å²) in [5, 5.41) is 8.99. The van der Waals surface area contributed by atoms with Crippen LogP contribution < -0.4 is 5.73 Å². The van der Waals surface area contributed by atoms with E-state index >= 15 is 0 Å². The fourth-order valence-corrected chi connectivity index (χ4v) is 3.26. The normalized spacial score (nSPS) is 22.4. The average Bonchev–Trinajstić information content (AvgIpc) is 2.78. The van der Waals surface area contributed by atoms with Gasteiger partial charge in [0.1, 0.15) is 6.04 Å². The van der Waals surface area contributed by atoms with Crippen molar-refractivity contribution in [2.24, 2.45) is 0 Å². The number of hydrogen-bond acceptors (Lipinski definition) is 4. The number of carbonyl (C=O) groups excluding carboxylic acids is 1. The van der Waals surface area contributed by atoms with Crippen LogP contribution in [0.3, 0.4) is 0 Å². The van der Waals surface area contributed by atoms with Crippen LogP contribution in [0.5, 0.6) is 0 Å². The molecule has 0 aromatic heterocycles. The van der Waals surface area contributed by atoms with E-state index in [0.29, 0.717) is 11.4 Å². The predicted molar refractivity (Wildman–Crippen MR) is 80.1 cm³/mol. The largest absolute Gasteiger partial charge is 0.480 e. The van der Waals surface area contributed by atoms with Crippen LogP contribution in [-0.2, 0) is 9.59 Å². The monoisotopic (exact) mass is 292 g/mol. The summed E-state index contributed by atoms with van der Waals surface area (Å²) in [5.41, 5.74) is 7.09. The van der Waals surface area contributed by atoms with Crippen LogP contribution in [0.25, 0.3) is 6.08 Å². The molecule has 2 unspecified atom stereocenters. The molecule has 1 saturated heterocycles. The zero-order valence-electron chi connectivity index (χ0n) is 11.0. The van der Waals surface area contributed by atoms with E-state index < -0.39 is 12.0 Å². The first-order valence-corrected chi connectivity index (χ1v) is 7.24. The van der Waals surface area contributed by atoms with E-state index in [9.17, 15) is 9.59 Å². The Morgan fingerprint density at radius 2 is 2.25 bits per heavy atom. The van der Waals surface area contributed by atoms with E-state index in [1.54, 1.807) is 24.3 Å². The van der Waals surface area contributed by atoms with Gasteiger partial charge in [-0.1, -0.05) is 12.1 Å². The Morgan fingerprint density at radius 3 is 2.90 bits per heavy atom. The summed E-state index contributed by atoms with van der Waals surface area (Å²) in [6, 6.07) is 6.39. The second-order valence-electron chi connectivity index (χ2n) is 4.54. The summed E-state index contributed by atoms with van der Waals surface area (Å²) >= 11 is 1.46. The number of benzene rings is 1. The van der Waals surface area contributed by atoms with Crippen molar-refractivity contribution in [3.63, 3.8) is 0 Å². The minimum Gasteiger partial charge on any atom is -0.480 e. The minimum atomic E-state index is -0.965. The molecule has 0 aliphatic carbocycles. The number of nitrogen functional groups attached to an aromatic ring is 1. The molecule has 1 amide bonds. The number of thioether (sulfide) groups is 1. The molecule has 0 spiro atoms.